The van der Waals surface area contributed by atoms with E-state index in [9.17, 15) is 19.5 Å². The first-order valence-corrected chi connectivity index (χ1v) is 16.6. The number of likely N-dealkylation sites (tertiary alicyclic amines) is 1. The summed E-state index contributed by atoms with van der Waals surface area (Å²) in [6.45, 7) is 3.20. The lowest BCUT2D eigenvalue weighted by molar-refractivity contribution is -0.884. The molecule has 0 aliphatic carbocycles. The second-order valence-electron chi connectivity index (χ2n) is 12.8. The molecule has 1 heterocycles. The first kappa shape index (κ1) is 35.6. The molecule has 0 saturated carbocycles. The number of unbranched alkanes of at least 4 members (excludes halogenated alkanes) is 19. The van der Waals surface area contributed by atoms with Gasteiger partial charge in [0.2, 0.25) is 11.8 Å². The molecule has 0 radical (unpaired) electrons. The van der Waals surface area contributed by atoms with Gasteiger partial charge < -0.3 is 14.4 Å². The van der Waals surface area contributed by atoms with Gasteiger partial charge in [-0.05, 0) is 6.42 Å². The molecule has 1 fully saturated rings. The number of amides is 2. The van der Waals surface area contributed by atoms with Crippen molar-refractivity contribution in [2.45, 2.75) is 155 Å². The van der Waals surface area contributed by atoms with Crippen LogP contribution in [0, 0.1) is 5.92 Å². The first-order chi connectivity index (χ1) is 18.8. The third-order valence-corrected chi connectivity index (χ3v) is 8.45. The first-order valence-electron chi connectivity index (χ1n) is 16.6. The van der Waals surface area contributed by atoms with Crippen LogP contribution in [0.15, 0.2) is 0 Å². The number of likely N-dealkylation sites (N-methyl/N-ethyl adjacent to an activating group) is 1. The number of aliphatic carboxylic acids is 1. The van der Waals surface area contributed by atoms with Crippen LogP contribution in [0.5, 0.6) is 0 Å². The Hall–Kier alpha value is -1.43. The molecule has 228 valence electrons. The lowest BCUT2D eigenvalue weighted by atomic mass is 9.98. The molecular weight excluding hydrogens is 488 g/mol. The highest BCUT2D eigenvalue weighted by molar-refractivity contribution is 6.03. The smallest absolute Gasteiger partial charge is 0.232 e. The highest BCUT2D eigenvalue weighted by atomic mass is 16.4. The summed E-state index contributed by atoms with van der Waals surface area (Å²) in [6, 6.07) is 0. The number of hydrogen-bond acceptors (Lipinski definition) is 4. The summed E-state index contributed by atoms with van der Waals surface area (Å²) in [5.74, 6) is -1.33. The zero-order chi connectivity index (χ0) is 28.8. The Morgan fingerprint density at radius 1 is 0.718 bits per heavy atom. The second-order valence-corrected chi connectivity index (χ2v) is 12.8. The van der Waals surface area contributed by atoms with Crippen LogP contribution in [0.3, 0.4) is 0 Å². The minimum atomic E-state index is -1.08. The molecule has 1 rings (SSSR count). The quantitative estimate of drug-likeness (QED) is 0.0641. The molecule has 1 aliphatic rings. The van der Waals surface area contributed by atoms with E-state index in [4.69, 9.17) is 0 Å². The summed E-state index contributed by atoms with van der Waals surface area (Å²) in [7, 11) is 3.65. The second kappa shape index (κ2) is 22.3. The Morgan fingerprint density at radius 2 is 1.13 bits per heavy atom. The Kier molecular flexibility index (Phi) is 20.3. The van der Waals surface area contributed by atoms with Gasteiger partial charge in [-0.3, -0.25) is 14.5 Å². The van der Waals surface area contributed by atoms with E-state index >= 15 is 0 Å². The summed E-state index contributed by atoms with van der Waals surface area (Å²) in [5, 5.41) is 10.8. The van der Waals surface area contributed by atoms with Crippen molar-refractivity contribution >= 4 is 17.8 Å². The fourth-order valence-corrected chi connectivity index (χ4v) is 5.94. The molecule has 0 aromatic heterocycles. The normalized spacial score (nSPS) is 16.0. The summed E-state index contributed by atoms with van der Waals surface area (Å²) in [5.41, 5.74) is 0. The number of imide groups is 1. The molecule has 1 unspecified atom stereocenters. The molecule has 0 bridgehead atoms. The number of carbonyl (C=O) groups excluding carboxylic acids is 3. The monoisotopic (exact) mass is 550 g/mol. The summed E-state index contributed by atoms with van der Waals surface area (Å²) < 4.78 is 0.293. The molecular formula is C33H62N2O4. The molecule has 1 saturated heterocycles. The summed E-state index contributed by atoms with van der Waals surface area (Å²) in [6.07, 6.45) is 28.9. The number of carboxylic acids is 1. The molecule has 39 heavy (non-hydrogen) atoms. The average Bonchev–Trinajstić information content (AvgIpc) is 3.14. The minimum absolute atomic E-state index is 0.0250. The van der Waals surface area contributed by atoms with Gasteiger partial charge in [-0.15, -0.1) is 0 Å². The lowest BCUT2D eigenvalue weighted by Crippen LogP contribution is -2.49. The number of carbonyl (C=O) groups is 3. The maximum atomic E-state index is 12.7. The van der Waals surface area contributed by atoms with Gasteiger partial charge in [-0.1, -0.05) is 135 Å². The van der Waals surface area contributed by atoms with Gasteiger partial charge in [-0.25, -0.2) is 0 Å². The molecule has 0 spiro atoms. The van der Waals surface area contributed by atoms with Crippen molar-refractivity contribution in [3.8, 4) is 0 Å². The van der Waals surface area contributed by atoms with E-state index < -0.39 is 5.97 Å². The third-order valence-electron chi connectivity index (χ3n) is 8.45. The largest absolute Gasteiger partial charge is 0.544 e. The van der Waals surface area contributed by atoms with E-state index in [2.05, 4.69) is 6.92 Å². The van der Waals surface area contributed by atoms with Gasteiger partial charge in [0, 0.05) is 25.3 Å². The Balaban J connectivity index is 1.91. The van der Waals surface area contributed by atoms with Crippen molar-refractivity contribution in [1.29, 1.82) is 0 Å². The van der Waals surface area contributed by atoms with Gasteiger partial charge in [0.15, 0.2) is 0 Å². The number of hydrogen-bond donors (Lipinski definition) is 0. The third kappa shape index (κ3) is 18.5. The van der Waals surface area contributed by atoms with Crippen molar-refractivity contribution in [3.63, 3.8) is 0 Å². The van der Waals surface area contributed by atoms with Crippen molar-refractivity contribution in [3.05, 3.63) is 0 Å². The van der Waals surface area contributed by atoms with Crippen molar-refractivity contribution in [2.75, 3.05) is 33.7 Å². The van der Waals surface area contributed by atoms with E-state index in [0.29, 0.717) is 30.4 Å². The van der Waals surface area contributed by atoms with Gasteiger partial charge >= 0.3 is 0 Å². The van der Waals surface area contributed by atoms with Crippen LogP contribution in [0.4, 0.5) is 0 Å². The van der Waals surface area contributed by atoms with E-state index in [1.807, 2.05) is 14.1 Å². The fourth-order valence-electron chi connectivity index (χ4n) is 5.94. The molecule has 6 heteroatoms. The number of rotatable bonds is 27. The SMILES string of the molecule is CCCCCCCCCCCCCCCCCCCCCCC1CC(=O)N(CCC[N+](C)(C)CC(=O)[O-])C1=O. The van der Waals surface area contributed by atoms with Crippen LogP contribution in [0.2, 0.25) is 0 Å². The van der Waals surface area contributed by atoms with Gasteiger partial charge in [0.1, 0.15) is 6.54 Å². The molecule has 0 aromatic rings. The predicted octanol–water partition coefficient (Wildman–Crippen LogP) is 6.79. The van der Waals surface area contributed by atoms with Crippen LogP contribution in [-0.2, 0) is 14.4 Å². The molecule has 6 nitrogen and oxygen atoms in total. The summed E-state index contributed by atoms with van der Waals surface area (Å²) >= 11 is 0. The van der Waals surface area contributed by atoms with E-state index in [0.717, 1.165) is 19.3 Å². The standard InChI is InChI=1S/C33H62N2O4/c1-4-5-6-7-8-9-10-11-12-13-14-15-16-17-18-19-20-21-22-23-25-30-28-31(36)34(33(30)39)26-24-27-35(2,3)29-32(37)38/h30H,4-29H2,1-3H3. The van der Waals surface area contributed by atoms with E-state index in [1.54, 1.807) is 0 Å². The van der Waals surface area contributed by atoms with Gasteiger partial charge in [0.25, 0.3) is 0 Å². The molecule has 0 N–H and O–H groups in total. The molecule has 1 atom stereocenters. The van der Waals surface area contributed by atoms with Crippen LogP contribution in [-0.4, -0.2) is 60.9 Å². The Morgan fingerprint density at radius 3 is 1.54 bits per heavy atom. The predicted molar refractivity (Wildman–Crippen MR) is 159 cm³/mol. The van der Waals surface area contributed by atoms with Crippen LogP contribution in [0.1, 0.15) is 155 Å². The number of nitrogens with zero attached hydrogens (tertiary/aromatic N) is 2. The van der Waals surface area contributed by atoms with E-state index in [1.165, 1.54) is 120 Å². The highest BCUT2D eigenvalue weighted by Crippen LogP contribution is 2.25. The highest BCUT2D eigenvalue weighted by Gasteiger charge is 2.37. The molecule has 2 amide bonds. The Labute approximate surface area is 240 Å². The maximum Gasteiger partial charge on any atom is 0.232 e. The fraction of sp³-hybridized carbons (Fsp3) is 0.909. The molecule has 0 aromatic carbocycles. The maximum absolute atomic E-state index is 12.7. The lowest BCUT2D eigenvalue weighted by Gasteiger charge is -2.30. The zero-order valence-corrected chi connectivity index (χ0v) is 26.0. The number of carboxylic acid groups (broad SMARTS) is 1. The van der Waals surface area contributed by atoms with Crippen molar-refractivity contribution < 1.29 is 24.0 Å². The van der Waals surface area contributed by atoms with Crippen molar-refractivity contribution in [2.24, 2.45) is 5.92 Å². The van der Waals surface area contributed by atoms with E-state index in [-0.39, 0.29) is 24.3 Å². The summed E-state index contributed by atoms with van der Waals surface area (Å²) in [4.78, 5) is 37.3. The van der Waals surface area contributed by atoms with Crippen LogP contribution < -0.4 is 5.11 Å². The molecule has 1 aliphatic heterocycles. The Bertz CT molecular complexity index is 664. The van der Waals surface area contributed by atoms with Crippen molar-refractivity contribution in [1.82, 2.24) is 4.90 Å². The average molecular weight is 551 g/mol. The van der Waals surface area contributed by atoms with Crippen LogP contribution in [0.25, 0.3) is 0 Å². The minimum Gasteiger partial charge on any atom is -0.544 e. The number of quaternary nitrogens is 1. The topological polar surface area (TPSA) is 77.5 Å². The van der Waals surface area contributed by atoms with Gasteiger partial charge in [0.05, 0.1) is 26.6 Å². The van der Waals surface area contributed by atoms with Crippen LogP contribution >= 0.6 is 0 Å². The van der Waals surface area contributed by atoms with Gasteiger partial charge in [-0.2, -0.15) is 0 Å². The zero-order valence-electron chi connectivity index (χ0n) is 26.0.